The van der Waals surface area contributed by atoms with Gasteiger partial charge in [0.2, 0.25) is 10.0 Å². The van der Waals surface area contributed by atoms with Gasteiger partial charge in [0.1, 0.15) is 11.6 Å². The van der Waals surface area contributed by atoms with Crippen LogP contribution in [0.2, 0.25) is 0 Å². The lowest BCUT2D eigenvalue weighted by Gasteiger charge is -2.40. The average molecular weight is 496 g/mol. The summed E-state index contributed by atoms with van der Waals surface area (Å²) in [5.41, 5.74) is 1.88. The lowest BCUT2D eigenvalue weighted by atomic mass is 9.89. The summed E-state index contributed by atoms with van der Waals surface area (Å²) in [6.45, 7) is 4.22. The lowest BCUT2D eigenvalue weighted by Crippen LogP contribution is -2.42. The molecule has 3 aromatic rings. The second-order valence-electron chi connectivity index (χ2n) is 8.32. The molecule has 1 heterocycles. The number of hydrogen-bond acceptors (Lipinski definition) is 4. The van der Waals surface area contributed by atoms with Gasteiger partial charge in [0.25, 0.3) is 0 Å². The van der Waals surface area contributed by atoms with Crippen LogP contribution in [0.3, 0.4) is 0 Å². The number of sulfonamides is 1. The Labute approximate surface area is 204 Å². The molecule has 0 amide bonds. The molecule has 0 fully saturated rings. The van der Waals surface area contributed by atoms with Gasteiger partial charge >= 0.3 is 5.97 Å². The second-order valence-corrected chi connectivity index (χ2v) is 10.2. The number of ether oxygens (including phenoxy) is 1. The molecule has 0 spiro atoms. The first-order valence-electron chi connectivity index (χ1n) is 11.2. The van der Waals surface area contributed by atoms with Crippen LogP contribution in [0.1, 0.15) is 42.1 Å². The molecule has 2 atom stereocenters. The normalized spacial score (nSPS) is 18.7. The summed E-state index contributed by atoms with van der Waals surface area (Å²) in [4.78, 5) is 12.3. The van der Waals surface area contributed by atoms with Crippen LogP contribution in [-0.4, -0.2) is 30.4 Å². The van der Waals surface area contributed by atoms with Gasteiger partial charge in [0, 0.05) is 0 Å². The summed E-state index contributed by atoms with van der Waals surface area (Å²) < 4.78 is 48.6. The van der Waals surface area contributed by atoms with E-state index >= 15 is 0 Å². The molecule has 0 saturated carbocycles. The Bertz CT molecular complexity index is 1330. The minimum Gasteiger partial charge on any atom is -0.494 e. The zero-order valence-corrected chi connectivity index (χ0v) is 20.2. The molecule has 1 aliphatic heterocycles. The number of rotatable bonds is 7. The van der Waals surface area contributed by atoms with E-state index in [0.717, 1.165) is 5.56 Å². The van der Waals surface area contributed by atoms with Gasteiger partial charge in [-0.05, 0) is 67.8 Å². The highest BCUT2D eigenvalue weighted by Gasteiger charge is 2.44. The van der Waals surface area contributed by atoms with Gasteiger partial charge in [0.05, 0.1) is 29.2 Å². The second kappa shape index (κ2) is 10.0. The van der Waals surface area contributed by atoms with Crippen LogP contribution in [0.15, 0.2) is 89.3 Å². The number of aliphatic carboxylic acids is 1. The molecular weight excluding hydrogens is 469 g/mol. The molecule has 35 heavy (non-hydrogen) atoms. The summed E-state index contributed by atoms with van der Waals surface area (Å²) >= 11 is 0. The third-order valence-electron chi connectivity index (χ3n) is 6.02. The molecular formula is C27H26FNO5S. The first-order valence-corrected chi connectivity index (χ1v) is 12.7. The first kappa shape index (κ1) is 24.6. The van der Waals surface area contributed by atoms with Crippen molar-refractivity contribution in [1.29, 1.82) is 0 Å². The quantitative estimate of drug-likeness (QED) is 0.473. The predicted molar refractivity (Wildman–Crippen MR) is 130 cm³/mol. The molecule has 182 valence electrons. The maximum absolute atomic E-state index is 14.1. The number of hydrogen-bond donors (Lipinski definition) is 1. The highest BCUT2D eigenvalue weighted by atomic mass is 32.2. The summed E-state index contributed by atoms with van der Waals surface area (Å²) in [5, 5.41) is 9.99. The van der Waals surface area contributed by atoms with Crippen LogP contribution in [0, 0.1) is 12.7 Å². The summed E-state index contributed by atoms with van der Waals surface area (Å²) in [5.74, 6) is -1.08. The summed E-state index contributed by atoms with van der Waals surface area (Å²) in [6, 6.07) is 16.9. The number of carboxylic acid groups (broad SMARTS) is 1. The van der Waals surface area contributed by atoms with Crippen molar-refractivity contribution < 1.29 is 27.4 Å². The number of carbonyl (C=O) groups is 1. The molecule has 1 N–H and O–H groups in total. The highest BCUT2D eigenvalue weighted by Crippen LogP contribution is 2.45. The van der Waals surface area contributed by atoms with Crippen molar-refractivity contribution in [3.8, 4) is 5.75 Å². The Morgan fingerprint density at radius 3 is 2.17 bits per heavy atom. The van der Waals surface area contributed by atoms with Crippen molar-refractivity contribution in [3.05, 3.63) is 107 Å². The number of nitrogens with zero attached hydrogens (tertiary/aromatic N) is 1. The van der Waals surface area contributed by atoms with Crippen LogP contribution < -0.4 is 4.74 Å². The van der Waals surface area contributed by atoms with Crippen LogP contribution in [0.5, 0.6) is 5.75 Å². The Balaban J connectivity index is 1.92. The van der Waals surface area contributed by atoms with Gasteiger partial charge in [-0.25, -0.2) is 17.6 Å². The molecule has 3 aromatic carbocycles. The molecule has 4 rings (SSSR count). The minimum absolute atomic E-state index is 0.0535. The van der Waals surface area contributed by atoms with E-state index < -0.39 is 33.9 Å². The van der Waals surface area contributed by atoms with Crippen molar-refractivity contribution in [2.75, 3.05) is 6.61 Å². The molecule has 0 bridgehead atoms. The van der Waals surface area contributed by atoms with E-state index in [0.29, 0.717) is 23.5 Å². The SMILES string of the molecule is CCOc1ccc([C@@H]2CC=C(C(=O)O)[C@H](c3ccc(F)cc3)N2S(=O)(=O)c2ccc(C)cc2)cc1. The smallest absolute Gasteiger partial charge is 0.333 e. The molecule has 0 saturated heterocycles. The molecule has 6 nitrogen and oxygen atoms in total. The fourth-order valence-corrected chi connectivity index (χ4v) is 6.10. The van der Waals surface area contributed by atoms with Crippen molar-refractivity contribution >= 4 is 16.0 Å². The van der Waals surface area contributed by atoms with Gasteiger partial charge in [-0.1, -0.05) is 48.0 Å². The standard InChI is InChI=1S/C27H26FNO5S/c1-3-34-22-12-8-19(9-13-22)25-17-16-24(27(30)31)26(20-6-10-21(28)11-7-20)29(25)35(32,33)23-14-4-18(2)5-15-23/h4-16,25-26H,3,17H2,1-2H3,(H,30,31)/t25-,26-/m0/s1. The molecule has 8 heteroatoms. The molecule has 1 aliphatic rings. The van der Waals surface area contributed by atoms with Crippen LogP contribution in [0.25, 0.3) is 0 Å². The zero-order chi connectivity index (χ0) is 25.2. The lowest BCUT2D eigenvalue weighted by molar-refractivity contribution is -0.133. The fourth-order valence-electron chi connectivity index (χ4n) is 4.32. The number of benzene rings is 3. The molecule has 0 radical (unpaired) electrons. The number of aryl methyl sites for hydroxylation is 1. The van der Waals surface area contributed by atoms with Crippen molar-refractivity contribution in [1.82, 2.24) is 4.31 Å². The Morgan fingerprint density at radius 1 is 1.00 bits per heavy atom. The first-order chi connectivity index (χ1) is 16.7. The van der Waals surface area contributed by atoms with Crippen molar-refractivity contribution in [2.45, 2.75) is 37.2 Å². The third-order valence-corrected chi connectivity index (χ3v) is 7.91. The minimum atomic E-state index is -4.17. The molecule has 0 aliphatic carbocycles. The monoisotopic (exact) mass is 495 g/mol. The van der Waals surface area contributed by atoms with E-state index in [1.54, 1.807) is 42.5 Å². The number of halogens is 1. The fraction of sp³-hybridized carbons (Fsp3) is 0.222. The third kappa shape index (κ3) is 4.99. The van der Waals surface area contributed by atoms with Gasteiger partial charge < -0.3 is 9.84 Å². The van der Waals surface area contributed by atoms with Crippen LogP contribution >= 0.6 is 0 Å². The average Bonchev–Trinajstić information content (AvgIpc) is 2.84. The largest absolute Gasteiger partial charge is 0.494 e. The van der Waals surface area contributed by atoms with Crippen molar-refractivity contribution in [3.63, 3.8) is 0 Å². The van der Waals surface area contributed by atoms with Crippen LogP contribution in [0.4, 0.5) is 4.39 Å². The van der Waals surface area contributed by atoms with Crippen molar-refractivity contribution in [2.24, 2.45) is 0 Å². The maximum atomic E-state index is 14.1. The van der Waals surface area contributed by atoms with Gasteiger partial charge in [-0.3, -0.25) is 0 Å². The van der Waals surface area contributed by atoms with E-state index in [-0.39, 0.29) is 16.9 Å². The molecule has 0 aromatic heterocycles. The van der Waals surface area contributed by atoms with E-state index in [1.807, 2.05) is 13.8 Å². The van der Waals surface area contributed by atoms with Gasteiger partial charge in [-0.2, -0.15) is 4.31 Å². The summed E-state index contributed by atoms with van der Waals surface area (Å²) in [6.07, 6.45) is 1.72. The number of carboxylic acids is 1. The Hall–Kier alpha value is -3.49. The maximum Gasteiger partial charge on any atom is 0.333 e. The van der Waals surface area contributed by atoms with Crippen LogP contribution in [-0.2, 0) is 14.8 Å². The van der Waals surface area contributed by atoms with E-state index in [9.17, 15) is 22.7 Å². The summed E-state index contributed by atoms with van der Waals surface area (Å²) in [7, 11) is -4.17. The van der Waals surface area contributed by atoms with E-state index in [2.05, 4.69) is 0 Å². The zero-order valence-electron chi connectivity index (χ0n) is 19.4. The Morgan fingerprint density at radius 2 is 1.60 bits per heavy atom. The topological polar surface area (TPSA) is 83.9 Å². The van der Waals surface area contributed by atoms with Gasteiger partial charge in [-0.15, -0.1) is 0 Å². The molecule has 0 unspecified atom stereocenters. The van der Waals surface area contributed by atoms with E-state index in [1.165, 1.54) is 40.7 Å². The van der Waals surface area contributed by atoms with E-state index in [4.69, 9.17) is 4.74 Å². The van der Waals surface area contributed by atoms with Gasteiger partial charge in [0.15, 0.2) is 0 Å². The highest BCUT2D eigenvalue weighted by molar-refractivity contribution is 7.89. The Kier molecular flexibility index (Phi) is 7.05. The predicted octanol–water partition coefficient (Wildman–Crippen LogP) is 5.42.